The van der Waals surface area contributed by atoms with Crippen molar-refractivity contribution in [2.45, 2.75) is 174 Å². The van der Waals surface area contributed by atoms with Gasteiger partial charge in [-0.3, -0.25) is 9.36 Å². The van der Waals surface area contributed by atoms with Crippen LogP contribution in [0.15, 0.2) is 24.3 Å². The van der Waals surface area contributed by atoms with Gasteiger partial charge < -0.3 is 27.9 Å². The van der Waals surface area contributed by atoms with Crippen molar-refractivity contribution >= 4 is 13.8 Å². The second kappa shape index (κ2) is 34.1. The van der Waals surface area contributed by atoms with E-state index in [1.807, 2.05) is 21.1 Å². The molecule has 0 bridgehead atoms. The molecule has 0 aliphatic carbocycles. The normalized spacial score (nSPS) is 14.2. The van der Waals surface area contributed by atoms with Gasteiger partial charge in [-0.1, -0.05) is 141 Å². The molecule has 0 fully saturated rings. The number of quaternary nitrogens is 1. The number of unbranched alkanes of at least 4 members (excludes halogenated alkanes) is 19. The summed E-state index contributed by atoms with van der Waals surface area (Å²) >= 11 is 0. The van der Waals surface area contributed by atoms with Crippen molar-refractivity contribution in [1.29, 1.82) is 0 Å². The number of phosphoric acid groups is 1. The summed E-state index contributed by atoms with van der Waals surface area (Å²) in [7, 11) is 1.35. The molecule has 9 heteroatoms. The van der Waals surface area contributed by atoms with Crippen LogP contribution in [0.2, 0.25) is 0 Å². The van der Waals surface area contributed by atoms with Crippen LogP contribution in [0, 0.1) is 0 Å². The summed E-state index contributed by atoms with van der Waals surface area (Å²) in [6, 6.07) is 0. The predicted octanol–water partition coefficient (Wildman–Crippen LogP) is 10.6. The van der Waals surface area contributed by atoms with Gasteiger partial charge in [-0.05, 0) is 44.9 Å². The molecular formula is C40H78NO7P. The van der Waals surface area contributed by atoms with Crippen LogP contribution in [0.25, 0.3) is 0 Å². The summed E-state index contributed by atoms with van der Waals surface area (Å²) < 4.78 is 34.4. The molecule has 0 heterocycles. The van der Waals surface area contributed by atoms with E-state index < -0.39 is 13.9 Å². The lowest BCUT2D eigenvalue weighted by Crippen LogP contribution is -2.37. The summed E-state index contributed by atoms with van der Waals surface area (Å²) in [5.74, 6) is -0.340. The molecule has 49 heavy (non-hydrogen) atoms. The number of hydrogen-bond acceptors (Lipinski definition) is 7. The van der Waals surface area contributed by atoms with Crippen molar-refractivity contribution in [3.63, 3.8) is 0 Å². The largest absolute Gasteiger partial charge is 0.756 e. The van der Waals surface area contributed by atoms with Gasteiger partial charge in [-0.2, -0.15) is 0 Å². The lowest BCUT2D eigenvalue weighted by Gasteiger charge is -2.28. The van der Waals surface area contributed by atoms with Gasteiger partial charge in [0.15, 0.2) is 0 Å². The lowest BCUT2D eigenvalue weighted by molar-refractivity contribution is -0.870. The summed E-state index contributed by atoms with van der Waals surface area (Å²) in [6.45, 7) is 5.36. The monoisotopic (exact) mass is 716 g/mol. The Hall–Kier alpha value is -1.02. The molecule has 0 spiro atoms. The van der Waals surface area contributed by atoms with E-state index in [0.29, 0.717) is 24.1 Å². The quantitative estimate of drug-likeness (QED) is 0.0208. The molecule has 0 aromatic carbocycles. The summed E-state index contributed by atoms with van der Waals surface area (Å²) in [4.78, 5) is 24.9. The van der Waals surface area contributed by atoms with E-state index in [1.54, 1.807) is 0 Å². The first-order chi connectivity index (χ1) is 23.6. The number of carbonyl (C=O) groups excluding carboxylic acids is 1. The van der Waals surface area contributed by atoms with Crippen molar-refractivity contribution in [2.75, 3.05) is 54.1 Å². The van der Waals surface area contributed by atoms with Crippen LogP contribution < -0.4 is 4.89 Å². The van der Waals surface area contributed by atoms with Crippen molar-refractivity contribution in [1.82, 2.24) is 0 Å². The molecular weight excluding hydrogens is 637 g/mol. The second-order valence-corrected chi connectivity index (χ2v) is 16.1. The molecule has 0 aromatic heterocycles. The number of allylic oxidation sites excluding steroid dienone is 4. The summed E-state index contributed by atoms with van der Waals surface area (Å²) in [5.41, 5.74) is 0. The Balaban J connectivity index is 4.20. The Morgan fingerprint density at radius 2 is 1.12 bits per heavy atom. The Labute approximate surface area is 303 Å². The molecule has 0 N–H and O–H groups in total. The number of carbonyl (C=O) groups is 1. The zero-order valence-electron chi connectivity index (χ0n) is 32.6. The highest BCUT2D eigenvalue weighted by atomic mass is 31.2. The number of rotatable bonds is 37. The minimum atomic E-state index is -4.51. The molecule has 8 nitrogen and oxygen atoms in total. The van der Waals surface area contributed by atoms with Crippen LogP contribution in [0.1, 0.15) is 168 Å². The SMILES string of the molecule is CCCCC/C=C\C/C=C\CCCCCCCCCCOCC(COP(=O)([O-])OCC[N+](C)(C)C)OC(=O)CCCCCCCCCCC. The summed E-state index contributed by atoms with van der Waals surface area (Å²) in [6.07, 6.45) is 36.1. The van der Waals surface area contributed by atoms with Crippen molar-refractivity contribution in [3.05, 3.63) is 24.3 Å². The molecule has 290 valence electrons. The Morgan fingerprint density at radius 1 is 0.633 bits per heavy atom. The Kier molecular flexibility index (Phi) is 33.4. The van der Waals surface area contributed by atoms with Gasteiger partial charge in [-0.25, -0.2) is 0 Å². The van der Waals surface area contributed by atoms with E-state index in [2.05, 4.69) is 38.2 Å². The van der Waals surface area contributed by atoms with Gasteiger partial charge in [0.25, 0.3) is 7.82 Å². The third-order valence-electron chi connectivity index (χ3n) is 8.51. The van der Waals surface area contributed by atoms with E-state index in [4.69, 9.17) is 18.5 Å². The molecule has 0 aliphatic heterocycles. The first-order valence-electron chi connectivity index (χ1n) is 20.1. The highest BCUT2D eigenvalue weighted by molar-refractivity contribution is 7.45. The zero-order chi connectivity index (χ0) is 36.3. The van der Waals surface area contributed by atoms with Crippen molar-refractivity contribution in [2.24, 2.45) is 0 Å². The minimum Gasteiger partial charge on any atom is -0.756 e. The maximum Gasteiger partial charge on any atom is 0.306 e. The molecule has 0 radical (unpaired) electrons. The Morgan fingerprint density at radius 3 is 1.69 bits per heavy atom. The average Bonchev–Trinajstić information content (AvgIpc) is 3.04. The van der Waals surface area contributed by atoms with Gasteiger partial charge in [0, 0.05) is 13.0 Å². The first kappa shape index (κ1) is 48.0. The van der Waals surface area contributed by atoms with Crippen LogP contribution in [0.4, 0.5) is 0 Å². The highest BCUT2D eigenvalue weighted by Crippen LogP contribution is 2.38. The molecule has 0 aliphatic rings. The molecule has 0 amide bonds. The van der Waals surface area contributed by atoms with E-state index in [9.17, 15) is 14.3 Å². The van der Waals surface area contributed by atoms with Gasteiger partial charge in [-0.15, -0.1) is 0 Å². The van der Waals surface area contributed by atoms with E-state index in [1.165, 1.54) is 109 Å². The standard InChI is InChI=1S/C40H78NO7P/c1-6-8-10-12-14-16-17-18-19-20-21-22-23-24-26-28-30-32-35-45-37-39(38-47-49(43,44)46-36-34-41(3,4)5)48-40(42)33-31-29-27-25-15-13-11-9-7-2/h14,16,18-19,39H,6-13,15,17,20-38H2,1-5H3/b16-14-,19-18-. The maximum atomic E-state index is 12.6. The van der Waals surface area contributed by atoms with Gasteiger partial charge in [0.1, 0.15) is 19.3 Å². The van der Waals surface area contributed by atoms with Crippen LogP contribution >= 0.6 is 7.82 Å². The topological polar surface area (TPSA) is 94.1 Å². The molecule has 2 unspecified atom stereocenters. The van der Waals surface area contributed by atoms with E-state index in [-0.39, 0.29) is 25.8 Å². The first-order valence-corrected chi connectivity index (χ1v) is 21.5. The molecule has 0 saturated heterocycles. The minimum absolute atomic E-state index is 0.0263. The van der Waals surface area contributed by atoms with Gasteiger partial charge in [0.05, 0.1) is 34.4 Å². The fraction of sp³-hybridized carbons (Fsp3) is 0.875. The third kappa shape index (κ3) is 38.1. The van der Waals surface area contributed by atoms with E-state index >= 15 is 0 Å². The highest BCUT2D eigenvalue weighted by Gasteiger charge is 2.20. The lowest BCUT2D eigenvalue weighted by atomic mass is 10.1. The predicted molar refractivity (Wildman–Crippen MR) is 204 cm³/mol. The Bertz CT molecular complexity index is 843. The van der Waals surface area contributed by atoms with E-state index in [0.717, 1.165) is 38.5 Å². The number of ether oxygens (including phenoxy) is 2. The van der Waals surface area contributed by atoms with Crippen LogP contribution in [-0.4, -0.2) is 70.7 Å². The average molecular weight is 716 g/mol. The van der Waals surface area contributed by atoms with Gasteiger partial charge in [0.2, 0.25) is 0 Å². The van der Waals surface area contributed by atoms with Crippen molar-refractivity contribution < 1.29 is 37.3 Å². The fourth-order valence-electron chi connectivity index (χ4n) is 5.34. The second-order valence-electron chi connectivity index (χ2n) is 14.6. The zero-order valence-corrected chi connectivity index (χ0v) is 33.5. The third-order valence-corrected chi connectivity index (χ3v) is 9.47. The molecule has 0 aromatic rings. The van der Waals surface area contributed by atoms with Crippen molar-refractivity contribution in [3.8, 4) is 0 Å². The smallest absolute Gasteiger partial charge is 0.306 e. The number of esters is 1. The van der Waals surface area contributed by atoms with Crippen LogP contribution in [0.3, 0.4) is 0 Å². The molecule has 0 saturated carbocycles. The van der Waals surface area contributed by atoms with Gasteiger partial charge >= 0.3 is 5.97 Å². The fourth-order valence-corrected chi connectivity index (χ4v) is 6.07. The molecule has 0 rings (SSSR count). The molecule has 2 atom stereocenters. The summed E-state index contributed by atoms with van der Waals surface area (Å²) in [5, 5.41) is 0. The number of phosphoric ester groups is 1. The number of hydrogen-bond donors (Lipinski definition) is 0. The number of nitrogens with zero attached hydrogens (tertiary/aromatic N) is 1. The number of likely N-dealkylation sites (N-methyl/N-ethyl adjacent to an activating group) is 1. The van der Waals surface area contributed by atoms with Crippen LogP contribution in [-0.2, 0) is 27.9 Å². The van der Waals surface area contributed by atoms with Crippen LogP contribution in [0.5, 0.6) is 0 Å². The maximum absolute atomic E-state index is 12.6.